The van der Waals surface area contributed by atoms with E-state index in [0.29, 0.717) is 12.5 Å². The van der Waals surface area contributed by atoms with Gasteiger partial charge < -0.3 is 20.7 Å². The van der Waals surface area contributed by atoms with Gasteiger partial charge >= 0.3 is 6.03 Å². The maximum absolute atomic E-state index is 12.1. The van der Waals surface area contributed by atoms with Crippen LogP contribution < -0.4 is 20.7 Å². The first kappa shape index (κ1) is 20.2. The Morgan fingerprint density at radius 3 is 2.48 bits per heavy atom. The van der Waals surface area contributed by atoms with Crippen molar-refractivity contribution in [2.75, 3.05) is 18.5 Å². The standard InChI is InChI=1S/C20H26N4O3/c1-5-27-19-16(7-6-8-21-19)11-22-20(26)23-12-17(25)24-18-14(3)9-13(2)10-15(18)4/h6-10H,5,11-12H2,1-4H3,(H,24,25)(H2,22,23,26). The molecule has 3 amide bonds. The quantitative estimate of drug-likeness (QED) is 0.699. The Morgan fingerprint density at radius 2 is 1.81 bits per heavy atom. The SMILES string of the molecule is CCOc1ncccc1CNC(=O)NCC(=O)Nc1c(C)cc(C)cc1C. The van der Waals surface area contributed by atoms with Gasteiger partial charge in [0.05, 0.1) is 13.2 Å². The van der Waals surface area contributed by atoms with E-state index in [1.165, 1.54) is 0 Å². The number of nitrogens with zero attached hydrogens (tertiary/aromatic N) is 1. The average Bonchev–Trinajstić information content (AvgIpc) is 2.62. The number of aromatic nitrogens is 1. The van der Waals surface area contributed by atoms with Crippen molar-refractivity contribution in [2.45, 2.75) is 34.2 Å². The Hall–Kier alpha value is -3.09. The van der Waals surface area contributed by atoms with E-state index in [0.717, 1.165) is 27.9 Å². The summed E-state index contributed by atoms with van der Waals surface area (Å²) < 4.78 is 5.42. The molecule has 0 unspecified atom stereocenters. The zero-order chi connectivity index (χ0) is 19.8. The largest absolute Gasteiger partial charge is 0.478 e. The average molecular weight is 370 g/mol. The highest BCUT2D eigenvalue weighted by molar-refractivity contribution is 5.95. The summed E-state index contributed by atoms with van der Waals surface area (Å²) in [5.41, 5.74) is 4.67. The third-order valence-corrected chi connectivity index (χ3v) is 3.92. The maximum atomic E-state index is 12.1. The Labute approximate surface area is 159 Å². The van der Waals surface area contributed by atoms with E-state index >= 15 is 0 Å². The van der Waals surface area contributed by atoms with Gasteiger partial charge in [-0.15, -0.1) is 0 Å². The number of amides is 3. The summed E-state index contributed by atoms with van der Waals surface area (Å²) in [6, 6.07) is 7.18. The van der Waals surface area contributed by atoms with E-state index < -0.39 is 6.03 Å². The molecule has 0 saturated heterocycles. The summed E-state index contributed by atoms with van der Waals surface area (Å²) in [6.07, 6.45) is 1.63. The molecule has 3 N–H and O–H groups in total. The minimum absolute atomic E-state index is 0.121. The van der Waals surface area contributed by atoms with Crippen molar-refractivity contribution in [1.29, 1.82) is 0 Å². The zero-order valence-electron chi connectivity index (χ0n) is 16.2. The Bertz CT molecular complexity index is 798. The van der Waals surface area contributed by atoms with Crippen molar-refractivity contribution in [2.24, 2.45) is 0 Å². The summed E-state index contributed by atoms with van der Waals surface area (Å²) in [7, 11) is 0. The lowest BCUT2D eigenvalue weighted by Gasteiger charge is -2.14. The molecule has 0 radical (unpaired) electrons. The highest BCUT2D eigenvalue weighted by Crippen LogP contribution is 2.21. The number of rotatable bonds is 7. The molecular formula is C20H26N4O3. The van der Waals surface area contributed by atoms with E-state index in [4.69, 9.17) is 4.74 Å². The molecular weight excluding hydrogens is 344 g/mol. The predicted molar refractivity (Wildman–Crippen MR) is 105 cm³/mol. The lowest BCUT2D eigenvalue weighted by Crippen LogP contribution is -2.39. The molecule has 0 spiro atoms. The van der Waals surface area contributed by atoms with Crippen LogP contribution in [0.5, 0.6) is 5.88 Å². The number of pyridine rings is 1. The lowest BCUT2D eigenvalue weighted by atomic mass is 10.1. The lowest BCUT2D eigenvalue weighted by molar-refractivity contribution is -0.115. The summed E-state index contributed by atoms with van der Waals surface area (Å²) in [5, 5.41) is 8.10. The van der Waals surface area contributed by atoms with Gasteiger partial charge in [-0.25, -0.2) is 9.78 Å². The minimum Gasteiger partial charge on any atom is -0.478 e. The van der Waals surface area contributed by atoms with Gasteiger partial charge in [-0.1, -0.05) is 23.8 Å². The van der Waals surface area contributed by atoms with Crippen LogP contribution >= 0.6 is 0 Å². The molecule has 144 valence electrons. The first-order chi connectivity index (χ1) is 12.9. The summed E-state index contributed by atoms with van der Waals surface area (Å²) in [6.45, 7) is 8.40. The molecule has 2 aromatic rings. The van der Waals surface area contributed by atoms with Crippen molar-refractivity contribution in [3.63, 3.8) is 0 Å². The predicted octanol–water partition coefficient (Wildman–Crippen LogP) is 2.84. The van der Waals surface area contributed by atoms with E-state index in [-0.39, 0.29) is 19.0 Å². The van der Waals surface area contributed by atoms with Crippen molar-refractivity contribution in [3.05, 3.63) is 52.7 Å². The van der Waals surface area contributed by atoms with Gasteiger partial charge in [0.25, 0.3) is 0 Å². The number of hydrogen-bond acceptors (Lipinski definition) is 4. The third kappa shape index (κ3) is 5.99. The number of carbonyl (C=O) groups excluding carboxylic acids is 2. The van der Waals surface area contributed by atoms with Crippen LogP contribution in [0.3, 0.4) is 0 Å². The molecule has 1 heterocycles. The number of ether oxygens (including phenoxy) is 1. The smallest absolute Gasteiger partial charge is 0.315 e. The first-order valence-electron chi connectivity index (χ1n) is 8.86. The Morgan fingerprint density at radius 1 is 1.11 bits per heavy atom. The van der Waals surface area contributed by atoms with Gasteiger partial charge in [0.15, 0.2) is 0 Å². The van der Waals surface area contributed by atoms with Gasteiger partial charge in [-0.2, -0.15) is 0 Å². The van der Waals surface area contributed by atoms with Crippen molar-refractivity contribution >= 4 is 17.6 Å². The molecule has 27 heavy (non-hydrogen) atoms. The van der Waals surface area contributed by atoms with Crippen LogP contribution in [-0.2, 0) is 11.3 Å². The second-order valence-corrected chi connectivity index (χ2v) is 6.26. The van der Waals surface area contributed by atoms with E-state index in [9.17, 15) is 9.59 Å². The second-order valence-electron chi connectivity index (χ2n) is 6.26. The Balaban J connectivity index is 1.83. The van der Waals surface area contributed by atoms with Crippen molar-refractivity contribution in [3.8, 4) is 5.88 Å². The van der Waals surface area contributed by atoms with E-state index in [1.54, 1.807) is 12.3 Å². The molecule has 0 aliphatic carbocycles. The van der Waals surface area contributed by atoms with Crippen molar-refractivity contribution < 1.29 is 14.3 Å². The molecule has 0 aliphatic rings. The summed E-state index contributed by atoms with van der Waals surface area (Å²) in [4.78, 5) is 28.2. The van der Waals surface area contributed by atoms with Gasteiger partial charge in [0.2, 0.25) is 11.8 Å². The van der Waals surface area contributed by atoms with E-state index in [1.807, 2.05) is 45.9 Å². The number of anilines is 1. The van der Waals surface area contributed by atoms with Gasteiger partial charge in [0.1, 0.15) is 0 Å². The number of carbonyl (C=O) groups is 2. The fraction of sp³-hybridized carbons (Fsp3) is 0.350. The fourth-order valence-electron chi connectivity index (χ4n) is 2.78. The minimum atomic E-state index is -0.436. The van der Waals surface area contributed by atoms with Crippen molar-refractivity contribution in [1.82, 2.24) is 15.6 Å². The molecule has 7 nitrogen and oxygen atoms in total. The normalized spacial score (nSPS) is 10.2. The third-order valence-electron chi connectivity index (χ3n) is 3.92. The van der Waals surface area contributed by atoms with Crippen LogP contribution in [0.15, 0.2) is 30.5 Å². The second kappa shape index (κ2) is 9.56. The van der Waals surface area contributed by atoms with Crippen LogP contribution in [0, 0.1) is 20.8 Å². The zero-order valence-corrected chi connectivity index (χ0v) is 16.2. The molecule has 1 aromatic carbocycles. The van der Waals surface area contributed by atoms with Gasteiger partial charge in [-0.3, -0.25) is 4.79 Å². The topological polar surface area (TPSA) is 92.3 Å². The highest BCUT2D eigenvalue weighted by Gasteiger charge is 2.10. The molecule has 0 bridgehead atoms. The number of benzene rings is 1. The molecule has 0 fully saturated rings. The first-order valence-corrected chi connectivity index (χ1v) is 8.86. The van der Waals surface area contributed by atoms with Crippen LogP contribution in [0.25, 0.3) is 0 Å². The number of aryl methyl sites for hydroxylation is 3. The molecule has 0 atom stereocenters. The number of hydrogen-bond donors (Lipinski definition) is 3. The van der Waals surface area contributed by atoms with Gasteiger partial charge in [0, 0.05) is 24.0 Å². The summed E-state index contributed by atoms with van der Waals surface area (Å²) in [5.74, 6) is 0.208. The maximum Gasteiger partial charge on any atom is 0.315 e. The van der Waals surface area contributed by atoms with Crippen LogP contribution in [-0.4, -0.2) is 30.1 Å². The monoisotopic (exact) mass is 370 g/mol. The molecule has 7 heteroatoms. The summed E-state index contributed by atoms with van der Waals surface area (Å²) >= 11 is 0. The molecule has 1 aromatic heterocycles. The molecule has 0 aliphatic heterocycles. The van der Waals surface area contributed by atoms with E-state index in [2.05, 4.69) is 20.9 Å². The molecule has 2 rings (SSSR count). The Kier molecular flexibility index (Phi) is 7.16. The number of urea groups is 1. The fourth-order valence-corrected chi connectivity index (χ4v) is 2.78. The van der Waals surface area contributed by atoms with Gasteiger partial charge in [-0.05, 0) is 44.9 Å². The highest BCUT2D eigenvalue weighted by atomic mass is 16.5. The molecule has 0 saturated carbocycles. The van der Waals surface area contributed by atoms with Crippen LogP contribution in [0.1, 0.15) is 29.2 Å². The van der Waals surface area contributed by atoms with Crippen LogP contribution in [0.2, 0.25) is 0 Å². The number of nitrogens with one attached hydrogen (secondary N) is 3. The van der Waals surface area contributed by atoms with Crippen LogP contribution in [0.4, 0.5) is 10.5 Å².